The first-order valence-corrected chi connectivity index (χ1v) is 11.7. The number of aromatic nitrogens is 2. The second-order valence-electron chi connectivity index (χ2n) is 6.82. The maximum Gasteiger partial charge on any atom is 0.247 e. The van der Waals surface area contributed by atoms with E-state index in [1.807, 2.05) is 77.4 Å². The highest BCUT2D eigenvalue weighted by Crippen LogP contribution is 2.23. The Morgan fingerprint density at radius 1 is 1.19 bits per heavy atom. The first kappa shape index (κ1) is 24.8. The molecule has 0 N–H and O–H groups in total. The van der Waals surface area contributed by atoms with E-state index in [-0.39, 0.29) is 0 Å². The lowest BCUT2D eigenvalue weighted by atomic mass is 10.1. The molecule has 0 fully saturated rings. The molecule has 0 saturated carbocycles. The molecule has 1 aromatic carbocycles. The zero-order valence-corrected chi connectivity index (χ0v) is 19.9. The number of benzene rings is 1. The van der Waals surface area contributed by atoms with Crippen LogP contribution in [-0.2, 0) is 10.5 Å². The molecule has 0 unspecified atom stereocenters. The van der Waals surface area contributed by atoms with Crippen LogP contribution in [0.2, 0.25) is 0 Å². The van der Waals surface area contributed by atoms with Gasteiger partial charge in [0.1, 0.15) is 18.1 Å². The van der Waals surface area contributed by atoms with Gasteiger partial charge in [0, 0.05) is 11.3 Å². The van der Waals surface area contributed by atoms with Crippen LogP contribution in [0.4, 0.5) is 0 Å². The van der Waals surface area contributed by atoms with Gasteiger partial charge >= 0.3 is 0 Å². The molecule has 1 aromatic heterocycles. The largest absolute Gasteiger partial charge is 0.493 e. The zero-order valence-electron chi connectivity index (χ0n) is 19.1. The van der Waals surface area contributed by atoms with Crippen molar-refractivity contribution in [1.82, 2.24) is 15.1 Å². The van der Waals surface area contributed by atoms with Crippen LogP contribution in [0.25, 0.3) is 5.57 Å². The lowest BCUT2D eigenvalue weighted by molar-refractivity contribution is 0.228. The number of thioether (sulfide) groups is 1. The Balaban J connectivity index is 0.00000166. The molecular formula is C24H33N3O3S. The third-order valence-electron chi connectivity index (χ3n) is 4.07. The van der Waals surface area contributed by atoms with Gasteiger partial charge < -0.3 is 18.8 Å². The first-order valence-electron chi connectivity index (χ1n) is 10.6. The monoisotopic (exact) mass is 443 g/mol. The molecule has 0 atom stereocenters. The van der Waals surface area contributed by atoms with Gasteiger partial charge in [0.05, 0.1) is 18.9 Å². The summed E-state index contributed by atoms with van der Waals surface area (Å²) in [6.45, 7) is 7.97. The Morgan fingerprint density at radius 3 is 2.68 bits per heavy atom. The number of para-hydroxylation sites is 1. The topological polar surface area (TPSA) is 60.6 Å². The van der Waals surface area contributed by atoms with Gasteiger partial charge in [-0.1, -0.05) is 38.1 Å². The van der Waals surface area contributed by atoms with E-state index in [1.54, 1.807) is 11.8 Å². The number of ether oxygens (including phenoxy) is 2. The van der Waals surface area contributed by atoms with Gasteiger partial charge in [0.25, 0.3) is 0 Å². The lowest BCUT2D eigenvalue weighted by Gasteiger charge is -2.09. The predicted octanol–water partition coefficient (Wildman–Crippen LogP) is 5.21. The van der Waals surface area contributed by atoms with E-state index in [1.165, 1.54) is 0 Å². The van der Waals surface area contributed by atoms with Gasteiger partial charge in [0.2, 0.25) is 11.8 Å². The fraction of sp³-hybridized carbons (Fsp3) is 0.417. The van der Waals surface area contributed by atoms with Crippen molar-refractivity contribution in [3.63, 3.8) is 0 Å². The number of allylic oxidation sites excluding steroid dienone is 3. The molecule has 0 bridgehead atoms. The van der Waals surface area contributed by atoms with Crippen molar-refractivity contribution < 1.29 is 13.9 Å². The summed E-state index contributed by atoms with van der Waals surface area (Å²) in [6.07, 6.45) is 6.09. The van der Waals surface area contributed by atoms with Crippen LogP contribution in [0.15, 0.2) is 64.3 Å². The minimum atomic E-state index is 0.533. The van der Waals surface area contributed by atoms with Crippen molar-refractivity contribution >= 4 is 17.3 Å². The summed E-state index contributed by atoms with van der Waals surface area (Å²) in [4.78, 5) is 2.08. The molecule has 31 heavy (non-hydrogen) atoms. The van der Waals surface area contributed by atoms with Crippen LogP contribution < -0.4 is 4.74 Å². The second-order valence-corrected chi connectivity index (χ2v) is 7.92. The smallest absolute Gasteiger partial charge is 0.247 e. The highest BCUT2D eigenvalue weighted by Gasteiger charge is 2.14. The third-order valence-corrected chi connectivity index (χ3v) is 4.98. The van der Waals surface area contributed by atoms with Gasteiger partial charge in [-0.05, 0) is 50.9 Å². The maximum absolute atomic E-state index is 5.84. The summed E-state index contributed by atoms with van der Waals surface area (Å²) in [5.41, 5.74) is 2.00. The van der Waals surface area contributed by atoms with Crippen molar-refractivity contribution in [3.8, 4) is 5.75 Å². The summed E-state index contributed by atoms with van der Waals surface area (Å²) < 4.78 is 17.2. The molecule has 0 aliphatic carbocycles. The maximum atomic E-state index is 5.84. The van der Waals surface area contributed by atoms with E-state index in [9.17, 15) is 0 Å². The molecule has 7 heteroatoms. The minimum absolute atomic E-state index is 0.533. The van der Waals surface area contributed by atoms with E-state index in [0.717, 1.165) is 35.0 Å². The molecule has 6 nitrogen and oxygen atoms in total. The average molecular weight is 444 g/mol. The number of rotatable bonds is 10. The van der Waals surface area contributed by atoms with Crippen LogP contribution in [0.1, 0.15) is 32.6 Å². The van der Waals surface area contributed by atoms with Crippen molar-refractivity contribution in [3.05, 3.63) is 71.7 Å². The van der Waals surface area contributed by atoms with E-state index in [4.69, 9.17) is 13.9 Å². The van der Waals surface area contributed by atoms with Crippen molar-refractivity contribution in [1.29, 1.82) is 0 Å². The van der Waals surface area contributed by atoms with E-state index in [2.05, 4.69) is 21.2 Å². The number of hydrogen-bond acceptors (Lipinski definition) is 7. The third kappa shape index (κ3) is 8.63. The van der Waals surface area contributed by atoms with Gasteiger partial charge in [-0.3, -0.25) is 0 Å². The summed E-state index contributed by atoms with van der Waals surface area (Å²) in [5, 5.41) is 8.37. The molecule has 1 aliphatic rings. The number of hydrogen-bond donors (Lipinski definition) is 0. The van der Waals surface area contributed by atoms with E-state index in [0.29, 0.717) is 30.7 Å². The van der Waals surface area contributed by atoms with Crippen LogP contribution in [0, 0.1) is 0 Å². The van der Waals surface area contributed by atoms with Crippen molar-refractivity contribution in [2.75, 3.05) is 39.6 Å². The minimum Gasteiger partial charge on any atom is -0.493 e. The predicted molar refractivity (Wildman–Crippen MR) is 128 cm³/mol. The summed E-state index contributed by atoms with van der Waals surface area (Å²) in [5.74, 6) is 4.52. The Hall–Kier alpha value is -2.51. The molecule has 2 heterocycles. The Morgan fingerprint density at radius 2 is 1.97 bits per heavy atom. The molecule has 0 saturated heterocycles. The average Bonchev–Trinajstić information content (AvgIpc) is 3.43. The molecule has 168 valence electrons. The standard InChI is InChI=1S/C22H27N3O3S.C2H6/c1-4-18(12-17-13-20(27-15-17)14-25(2)3)22-24-23-21(28-22)16-29-11-10-26-19-8-6-5-7-9-19;1-2/h4-9,12-13H,10-11,14-16H2,1-3H3;1-2H3/b17-12-,18-4+;. The molecule has 1 aliphatic heterocycles. The lowest BCUT2D eigenvalue weighted by Crippen LogP contribution is -2.15. The van der Waals surface area contributed by atoms with Crippen molar-refractivity contribution in [2.24, 2.45) is 0 Å². The van der Waals surface area contributed by atoms with Gasteiger partial charge in [0.15, 0.2) is 0 Å². The zero-order chi connectivity index (χ0) is 22.5. The Bertz CT molecular complexity index is 873. The fourth-order valence-corrected chi connectivity index (χ4v) is 3.38. The SMILES string of the molecule is C/C=C(\C=C1\C=C(CN(C)C)OC1)c1nnc(CSCCOc2ccccc2)o1.CC. The van der Waals surface area contributed by atoms with Gasteiger partial charge in [-0.25, -0.2) is 0 Å². The Labute approximate surface area is 190 Å². The first-order chi connectivity index (χ1) is 15.1. The van der Waals surface area contributed by atoms with Crippen LogP contribution in [0.5, 0.6) is 5.75 Å². The summed E-state index contributed by atoms with van der Waals surface area (Å²) >= 11 is 1.71. The summed E-state index contributed by atoms with van der Waals surface area (Å²) in [6, 6.07) is 9.81. The van der Waals surface area contributed by atoms with Crippen LogP contribution >= 0.6 is 11.8 Å². The molecule has 3 rings (SSSR count). The van der Waals surface area contributed by atoms with Crippen LogP contribution in [0.3, 0.4) is 0 Å². The van der Waals surface area contributed by atoms with E-state index >= 15 is 0 Å². The van der Waals surface area contributed by atoms with Crippen molar-refractivity contribution in [2.45, 2.75) is 26.5 Å². The van der Waals surface area contributed by atoms with Crippen LogP contribution in [-0.4, -0.2) is 54.7 Å². The molecule has 2 aromatic rings. The van der Waals surface area contributed by atoms with Gasteiger partial charge in [-0.2, -0.15) is 0 Å². The number of likely N-dealkylation sites (N-methyl/N-ethyl adjacent to an activating group) is 1. The highest BCUT2D eigenvalue weighted by molar-refractivity contribution is 7.98. The molecule has 0 radical (unpaired) electrons. The molecular weight excluding hydrogens is 410 g/mol. The van der Waals surface area contributed by atoms with Gasteiger partial charge in [-0.15, -0.1) is 22.0 Å². The summed E-state index contributed by atoms with van der Waals surface area (Å²) in [7, 11) is 4.05. The normalized spacial score (nSPS) is 14.8. The molecule has 0 spiro atoms. The second kappa shape index (κ2) is 13.7. The fourth-order valence-electron chi connectivity index (χ4n) is 2.74. The van der Waals surface area contributed by atoms with E-state index < -0.39 is 0 Å². The molecule has 0 amide bonds. The Kier molecular flexibility index (Phi) is 11.0. The quantitative estimate of drug-likeness (QED) is 0.467. The highest BCUT2D eigenvalue weighted by atomic mass is 32.2. The number of nitrogens with zero attached hydrogens (tertiary/aromatic N) is 3.